The van der Waals surface area contributed by atoms with E-state index in [2.05, 4.69) is 52.0 Å². The van der Waals surface area contributed by atoms with Gasteiger partial charge in [0.25, 0.3) is 0 Å². The van der Waals surface area contributed by atoms with Gasteiger partial charge in [0.1, 0.15) is 0 Å². The maximum atomic E-state index is 2.23. The molecule has 0 saturated carbocycles. The molecule has 0 heterocycles. The van der Waals surface area contributed by atoms with Crippen LogP contribution in [0.3, 0.4) is 0 Å². The minimum atomic E-state index is 0. The van der Waals surface area contributed by atoms with Crippen LogP contribution in [0.4, 0.5) is 0 Å². The topological polar surface area (TPSA) is 0 Å². The van der Waals surface area contributed by atoms with Crippen molar-refractivity contribution >= 4 is 0 Å². The molecule has 0 amide bonds. The summed E-state index contributed by atoms with van der Waals surface area (Å²) in [6.07, 6.45) is 0. The van der Waals surface area contributed by atoms with Crippen molar-refractivity contribution < 1.29 is 0 Å². The summed E-state index contributed by atoms with van der Waals surface area (Å²) in [6, 6.07) is 8.74. The summed E-state index contributed by atoms with van der Waals surface area (Å²) in [7, 11) is 0. The maximum absolute atomic E-state index is 2.23. The van der Waals surface area contributed by atoms with Crippen LogP contribution in [0.1, 0.15) is 39.3 Å². The van der Waals surface area contributed by atoms with Crippen molar-refractivity contribution in [1.82, 2.24) is 0 Å². The number of hydrogen-bond donors (Lipinski definition) is 0. The molecule has 0 aliphatic carbocycles. The Bertz CT molecular complexity index is 223. The molecule has 0 aliphatic heterocycles. The van der Waals surface area contributed by atoms with E-state index in [9.17, 15) is 0 Å². The Morgan fingerprint density at radius 3 is 1.67 bits per heavy atom. The number of rotatable bonds is 0. The molecule has 0 radical (unpaired) electrons. The van der Waals surface area contributed by atoms with Gasteiger partial charge in [-0.15, -0.1) is 0 Å². The van der Waals surface area contributed by atoms with Crippen LogP contribution in [-0.4, -0.2) is 0 Å². The lowest BCUT2D eigenvalue weighted by Gasteiger charge is -2.18. The average Bonchev–Trinajstić information content (AvgIpc) is 1.86. The molecular formula is C12H20. The monoisotopic (exact) mass is 164 g/mol. The largest absolute Gasteiger partial charge is 0.0776 e. The molecule has 0 aromatic heterocycles. The summed E-state index contributed by atoms with van der Waals surface area (Å²) in [4.78, 5) is 0. The summed E-state index contributed by atoms with van der Waals surface area (Å²) >= 11 is 0. The van der Waals surface area contributed by atoms with E-state index in [4.69, 9.17) is 0 Å². The quantitative estimate of drug-likeness (QED) is 0.545. The van der Waals surface area contributed by atoms with Crippen molar-refractivity contribution in [3.05, 3.63) is 35.4 Å². The van der Waals surface area contributed by atoms with E-state index in [-0.39, 0.29) is 12.8 Å². The van der Waals surface area contributed by atoms with E-state index in [1.807, 2.05) is 0 Å². The van der Waals surface area contributed by atoms with Gasteiger partial charge >= 0.3 is 0 Å². The lowest BCUT2D eigenvalue weighted by molar-refractivity contribution is 0.590. The summed E-state index contributed by atoms with van der Waals surface area (Å²) < 4.78 is 0. The minimum Gasteiger partial charge on any atom is -0.0776 e. The lowest BCUT2D eigenvalue weighted by atomic mass is 9.87. The van der Waals surface area contributed by atoms with Crippen molar-refractivity contribution in [2.75, 3.05) is 0 Å². The van der Waals surface area contributed by atoms with Crippen LogP contribution in [0.2, 0.25) is 0 Å². The zero-order valence-corrected chi connectivity index (χ0v) is 7.81. The second-order valence-corrected chi connectivity index (χ2v) is 4.12. The van der Waals surface area contributed by atoms with Gasteiger partial charge in [-0.05, 0) is 17.9 Å². The van der Waals surface area contributed by atoms with E-state index in [1.54, 1.807) is 0 Å². The van der Waals surface area contributed by atoms with E-state index in [0.717, 1.165) is 0 Å². The van der Waals surface area contributed by atoms with Gasteiger partial charge in [-0.1, -0.05) is 58.0 Å². The molecule has 0 bridgehead atoms. The first-order valence-corrected chi connectivity index (χ1v) is 4.07. The molecule has 0 nitrogen and oxygen atoms in total. The van der Waals surface area contributed by atoms with Gasteiger partial charge in [-0.2, -0.15) is 0 Å². The highest BCUT2D eigenvalue weighted by atomic mass is 14.2. The predicted molar refractivity (Wildman–Crippen MR) is 56.6 cm³/mol. The minimum absolute atomic E-state index is 0. The van der Waals surface area contributed by atoms with Crippen molar-refractivity contribution in [3.63, 3.8) is 0 Å². The van der Waals surface area contributed by atoms with Gasteiger partial charge in [-0.3, -0.25) is 0 Å². The van der Waals surface area contributed by atoms with Crippen LogP contribution in [0, 0.1) is 6.92 Å². The van der Waals surface area contributed by atoms with E-state index >= 15 is 0 Å². The van der Waals surface area contributed by atoms with Gasteiger partial charge in [-0.25, -0.2) is 0 Å². The maximum Gasteiger partial charge on any atom is -0.0132 e. The van der Waals surface area contributed by atoms with Gasteiger partial charge in [0, 0.05) is 0 Å². The summed E-state index contributed by atoms with van der Waals surface area (Å²) in [5, 5.41) is 0. The molecule has 0 atom stereocenters. The van der Waals surface area contributed by atoms with E-state index in [1.165, 1.54) is 11.1 Å². The van der Waals surface area contributed by atoms with E-state index in [0.29, 0.717) is 0 Å². The zero-order chi connectivity index (χ0) is 8.48. The SMILES string of the molecule is C.Cc1ccc(C(C)(C)C)cc1. The molecule has 1 rings (SSSR count). The molecule has 0 fully saturated rings. The Labute approximate surface area is 76.6 Å². The molecular weight excluding hydrogens is 144 g/mol. The van der Waals surface area contributed by atoms with Crippen LogP contribution >= 0.6 is 0 Å². The lowest BCUT2D eigenvalue weighted by Crippen LogP contribution is -2.10. The Balaban J connectivity index is 0.00000121. The highest BCUT2D eigenvalue weighted by Gasteiger charge is 2.11. The Morgan fingerprint density at radius 2 is 1.33 bits per heavy atom. The second-order valence-electron chi connectivity index (χ2n) is 4.12. The molecule has 0 N–H and O–H groups in total. The standard InChI is InChI=1S/C11H16.CH4/c1-9-5-7-10(8-6-9)11(2,3)4;/h5-8H,1-4H3;1H4. The van der Waals surface area contributed by atoms with Gasteiger partial charge in [0.15, 0.2) is 0 Å². The Kier molecular flexibility index (Phi) is 3.51. The first-order chi connectivity index (χ1) is 5.00. The average molecular weight is 164 g/mol. The molecule has 0 saturated heterocycles. The summed E-state index contributed by atoms with van der Waals surface area (Å²) in [5.74, 6) is 0. The highest BCUT2D eigenvalue weighted by Crippen LogP contribution is 2.21. The number of hydrogen-bond acceptors (Lipinski definition) is 0. The first kappa shape index (κ1) is 11.2. The third-order valence-corrected chi connectivity index (χ3v) is 1.92. The van der Waals surface area contributed by atoms with E-state index < -0.39 is 0 Å². The number of benzene rings is 1. The molecule has 0 heteroatoms. The van der Waals surface area contributed by atoms with Gasteiger partial charge in [0.2, 0.25) is 0 Å². The van der Waals surface area contributed by atoms with Crippen LogP contribution in [0.15, 0.2) is 24.3 Å². The van der Waals surface area contributed by atoms with Crippen LogP contribution in [0.5, 0.6) is 0 Å². The smallest absolute Gasteiger partial charge is 0.0132 e. The fraction of sp³-hybridized carbons (Fsp3) is 0.500. The highest BCUT2D eigenvalue weighted by molar-refractivity contribution is 5.26. The van der Waals surface area contributed by atoms with Crippen LogP contribution in [-0.2, 0) is 5.41 Å². The summed E-state index contributed by atoms with van der Waals surface area (Å²) in [5.41, 5.74) is 3.02. The summed E-state index contributed by atoms with van der Waals surface area (Å²) in [6.45, 7) is 8.82. The second kappa shape index (κ2) is 3.75. The van der Waals surface area contributed by atoms with Crippen LogP contribution in [0.25, 0.3) is 0 Å². The Morgan fingerprint density at radius 1 is 0.917 bits per heavy atom. The van der Waals surface area contributed by atoms with Crippen molar-refractivity contribution in [2.45, 2.75) is 40.5 Å². The molecule has 68 valence electrons. The normalized spacial score (nSPS) is 10.7. The molecule has 1 aromatic carbocycles. The van der Waals surface area contributed by atoms with Crippen molar-refractivity contribution in [2.24, 2.45) is 0 Å². The third kappa shape index (κ3) is 2.69. The predicted octanol–water partition coefficient (Wildman–Crippen LogP) is 3.93. The number of aryl methyl sites for hydroxylation is 1. The zero-order valence-electron chi connectivity index (χ0n) is 7.81. The molecule has 0 spiro atoms. The molecule has 12 heavy (non-hydrogen) atoms. The van der Waals surface area contributed by atoms with Gasteiger partial charge < -0.3 is 0 Å². The van der Waals surface area contributed by atoms with Crippen molar-refractivity contribution in [1.29, 1.82) is 0 Å². The van der Waals surface area contributed by atoms with Crippen molar-refractivity contribution in [3.8, 4) is 0 Å². The fourth-order valence-corrected chi connectivity index (χ4v) is 1.05. The third-order valence-electron chi connectivity index (χ3n) is 1.92. The molecule has 0 aliphatic rings. The first-order valence-electron chi connectivity index (χ1n) is 4.07. The van der Waals surface area contributed by atoms with Crippen LogP contribution < -0.4 is 0 Å². The molecule has 0 unspecified atom stereocenters. The van der Waals surface area contributed by atoms with Gasteiger partial charge in [0.05, 0.1) is 0 Å². The Hall–Kier alpha value is -0.780. The fourth-order valence-electron chi connectivity index (χ4n) is 1.05. The molecule has 1 aromatic rings.